The van der Waals surface area contributed by atoms with Crippen LogP contribution in [0.1, 0.15) is 23.2 Å². The summed E-state index contributed by atoms with van der Waals surface area (Å²) in [6.45, 7) is 2.07. The number of pyridine rings is 1. The highest BCUT2D eigenvalue weighted by Crippen LogP contribution is 2.22. The van der Waals surface area contributed by atoms with Crippen LogP contribution in [0.5, 0.6) is 0 Å². The number of amides is 1. The molecule has 2 aromatic heterocycles. The monoisotopic (exact) mass is 361 g/mol. The average molecular weight is 361 g/mol. The molecule has 0 unspecified atom stereocenters. The van der Waals surface area contributed by atoms with Crippen LogP contribution in [0.2, 0.25) is 0 Å². The third-order valence-electron chi connectivity index (χ3n) is 4.58. The summed E-state index contributed by atoms with van der Waals surface area (Å²) >= 11 is 0. The van der Waals surface area contributed by atoms with Crippen molar-refractivity contribution in [3.05, 3.63) is 70.6 Å². The predicted octanol–water partition coefficient (Wildman–Crippen LogP) is 2.68. The average Bonchev–Trinajstić information content (AvgIpc) is 3.24. The summed E-state index contributed by atoms with van der Waals surface area (Å²) in [6, 6.07) is 14.3. The van der Waals surface area contributed by atoms with Crippen molar-refractivity contribution in [3.63, 3.8) is 0 Å². The lowest BCUT2D eigenvalue weighted by Gasteiger charge is -2.15. The van der Waals surface area contributed by atoms with Crippen molar-refractivity contribution < 1.29 is 4.79 Å². The second-order valence-electron chi connectivity index (χ2n) is 6.42. The van der Waals surface area contributed by atoms with Crippen LogP contribution < -0.4 is 15.8 Å². The highest BCUT2D eigenvalue weighted by atomic mass is 16.2. The fourth-order valence-corrected chi connectivity index (χ4v) is 3.12. The van der Waals surface area contributed by atoms with E-state index in [9.17, 15) is 9.59 Å². The van der Waals surface area contributed by atoms with Gasteiger partial charge >= 0.3 is 0 Å². The first-order valence-electron chi connectivity index (χ1n) is 8.89. The molecular weight excluding hydrogens is 342 g/mol. The zero-order valence-corrected chi connectivity index (χ0v) is 14.7. The van der Waals surface area contributed by atoms with Crippen LogP contribution in [0.3, 0.4) is 0 Å². The van der Waals surface area contributed by atoms with Gasteiger partial charge in [-0.3, -0.25) is 9.59 Å². The van der Waals surface area contributed by atoms with Crippen LogP contribution in [0.4, 0.5) is 11.5 Å². The molecule has 1 aliphatic rings. The summed E-state index contributed by atoms with van der Waals surface area (Å²) in [5.74, 6) is 0.465. The molecule has 1 aromatic carbocycles. The van der Waals surface area contributed by atoms with E-state index >= 15 is 0 Å². The van der Waals surface area contributed by atoms with Gasteiger partial charge in [-0.05, 0) is 49.2 Å². The largest absolute Gasteiger partial charge is 0.355 e. The number of anilines is 2. The Balaban J connectivity index is 1.46. The second kappa shape index (κ2) is 7.41. The van der Waals surface area contributed by atoms with E-state index in [-0.39, 0.29) is 5.56 Å². The van der Waals surface area contributed by atoms with Crippen LogP contribution in [0.25, 0.3) is 11.3 Å². The normalized spacial score (nSPS) is 13.6. The molecule has 7 nitrogen and oxygen atoms in total. The minimum Gasteiger partial charge on any atom is -0.355 e. The molecule has 0 aliphatic carbocycles. The fraction of sp³-hybridized carbons (Fsp3) is 0.200. The molecule has 2 N–H and O–H groups in total. The van der Waals surface area contributed by atoms with Gasteiger partial charge in [-0.25, -0.2) is 0 Å². The third kappa shape index (κ3) is 3.72. The lowest BCUT2D eigenvalue weighted by Crippen LogP contribution is -2.22. The molecule has 1 aliphatic heterocycles. The van der Waals surface area contributed by atoms with Crippen molar-refractivity contribution in [2.75, 3.05) is 23.3 Å². The summed E-state index contributed by atoms with van der Waals surface area (Å²) < 4.78 is 0. The maximum absolute atomic E-state index is 12.2. The van der Waals surface area contributed by atoms with E-state index in [1.54, 1.807) is 18.2 Å². The number of aromatic amines is 1. The molecule has 1 amide bonds. The number of rotatable bonds is 4. The van der Waals surface area contributed by atoms with Crippen molar-refractivity contribution >= 4 is 17.4 Å². The van der Waals surface area contributed by atoms with Gasteiger partial charge in [0.2, 0.25) is 0 Å². The Morgan fingerprint density at radius 3 is 2.44 bits per heavy atom. The number of benzene rings is 1. The summed E-state index contributed by atoms with van der Waals surface area (Å²) in [6.07, 6.45) is 3.89. The molecule has 0 radical (unpaired) electrons. The Morgan fingerprint density at radius 1 is 1.00 bits per heavy atom. The summed E-state index contributed by atoms with van der Waals surface area (Å²) in [4.78, 5) is 28.6. The number of aromatic nitrogens is 3. The van der Waals surface area contributed by atoms with E-state index in [0.29, 0.717) is 5.69 Å². The van der Waals surface area contributed by atoms with Gasteiger partial charge in [0.1, 0.15) is 5.56 Å². The third-order valence-corrected chi connectivity index (χ3v) is 4.58. The van der Waals surface area contributed by atoms with Crippen molar-refractivity contribution in [3.8, 4) is 11.3 Å². The highest BCUT2D eigenvalue weighted by Gasteiger charge is 2.14. The topological polar surface area (TPSA) is 91.0 Å². The molecular formula is C20H19N5O2. The minimum atomic E-state index is -0.445. The maximum atomic E-state index is 12.2. The Hall–Kier alpha value is -3.48. The standard InChI is InChI=1S/C20H19N5O2/c26-19-16(4-3-11-21-19)20(27)22-15-7-5-14(6-8-15)17-9-10-18(24-23-17)25-12-1-2-13-25/h3-11H,1-2,12-13H2,(H,21,26)(H,22,27). The van der Waals surface area contributed by atoms with E-state index in [2.05, 4.69) is 25.4 Å². The Kier molecular flexibility index (Phi) is 4.65. The molecule has 3 heterocycles. The van der Waals surface area contributed by atoms with Gasteiger partial charge in [0.15, 0.2) is 5.82 Å². The molecule has 136 valence electrons. The van der Waals surface area contributed by atoms with Crippen molar-refractivity contribution in [2.24, 2.45) is 0 Å². The van der Waals surface area contributed by atoms with Crippen LogP contribution >= 0.6 is 0 Å². The fourth-order valence-electron chi connectivity index (χ4n) is 3.12. The lowest BCUT2D eigenvalue weighted by atomic mass is 10.1. The Labute approximate surface area is 156 Å². The van der Waals surface area contributed by atoms with Crippen LogP contribution in [-0.4, -0.2) is 34.2 Å². The molecule has 3 aromatic rings. The smallest absolute Gasteiger partial charge is 0.261 e. The molecule has 7 heteroatoms. The van der Waals surface area contributed by atoms with Gasteiger partial charge in [0.25, 0.3) is 11.5 Å². The zero-order valence-electron chi connectivity index (χ0n) is 14.7. The number of H-pyrrole nitrogens is 1. The quantitative estimate of drug-likeness (QED) is 0.745. The maximum Gasteiger partial charge on any atom is 0.261 e. The Bertz CT molecular complexity index is 990. The van der Waals surface area contributed by atoms with Crippen molar-refractivity contribution in [1.29, 1.82) is 0 Å². The number of carbonyl (C=O) groups is 1. The van der Waals surface area contributed by atoms with E-state index in [1.807, 2.05) is 24.3 Å². The number of hydrogen-bond acceptors (Lipinski definition) is 5. The van der Waals surface area contributed by atoms with Crippen molar-refractivity contribution in [2.45, 2.75) is 12.8 Å². The second-order valence-corrected chi connectivity index (χ2v) is 6.42. The molecule has 0 bridgehead atoms. The van der Waals surface area contributed by atoms with Gasteiger partial charge in [-0.1, -0.05) is 12.1 Å². The molecule has 0 spiro atoms. The van der Waals surface area contributed by atoms with E-state index in [1.165, 1.54) is 25.1 Å². The minimum absolute atomic E-state index is 0.0740. The number of hydrogen-bond donors (Lipinski definition) is 2. The van der Waals surface area contributed by atoms with Crippen LogP contribution in [0.15, 0.2) is 59.5 Å². The SMILES string of the molecule is O=C(Nc1ccc(-c2ccc(N3CCCC3)nn2)cc1)c1ccc[nH]c1=O. The summed E-state index contributed by atoms with van der Waals surface area (Å²) in [5.41, 5.74) is 1.94. The summed E-state index contributed by atoms with van der Waals surface area (Å²) in [7, 11) is 0. The van der Waals surface area contributed by atoms with Gasteiger partial charge in [-0.2, -0.15) is 0 Å². The van der Waals surface area contributed by atoms with Crippen molar-refractivity contribution in [1.82, 2.24) is 15.2 Å². The van der Waals surface area contributed by atoms with Gasteiger partial charge in [-0.15, -0.1) is 10.2 Å². The predicted molar refractivity (Wildman–Crippen MR) is 104 cm³/mol. The lowest BCUT2D eigenvalue weighted by molar-refractivity contribution is 0.102. The first-order chi connectivity index (χ1) is 13.2. The molecule has 4 rings (SSSR count). The first kappa shape index (κ1) is 17.0. The Morgan fingerprint density at radius 2 is 1.78 bits per heavy atom. The molecule has 27 heavy (non-hydrogen) atoms. The van der Waals surface area contributed by atoms with Gasteiger partial charge in [0, 0.05) is 30.5 Å². The van der Waals surface area contributed by atoms with Crippen LogP contribution in [0, 0.1) is 0 Å². The molecule has 0 saturated carbocycles. The molecule has 1 fully saturated rings. The van der Waals surface area contributed by atoms with Crippen LogP contribution in [-0.2, 0) is 0 Å². The molecule has 0 atom stereocenters. The number of nitrogens with one attached hydrogen (secondary N) is 2. The van der Waals surface area contributed by atoms with E-state index in [4.69, 9.17) is 0 Å². The highest BCUT2D eigenvalue weighted by molar-refractivity contribution is 6.04. The summed E-state index contributed by atoms with van der Waals surface area (Å²) in [5, 5.41) is 11.4. The first-order valence-corrected chi connectivity index (χ1v) is 8.89. The van der Waals surface area contributed by atoms with Gasteiger partial charge < -0.3 is 15.2 Å². The zero-order chi connectivity index (χ0) is 18.6. The molecule has 1 saturated heterocycles. The van der Waals surface area contributed by atoms with E-state index in [0.717, 1.165) is 30.2 Å². The van der Waals surface area contributed by atoms with Gasteiger partial charge in [0.05, 0.1) is 5.69 Å². The number of carbonyl (C=O) groups excluding carboxylic acids is 1. The van der Waals surface area contributed by atoms with E-state index < -0.39 is 11.5 Å². The number of nitrogens with zero attached hydrogens (tertiary/aromatic N) is 3.